The Balaban J connectivity index is 1.64. The minimum absolute atomic E-state index is 0.0215. The molecule has 2 heterocycles. The number of ether oxygens (including phenoxy) is 1. The van der Waals surface area contributed by atoms with Gasteiger partial charge < -0.3 is 4.74 Å². The van der Waals surface area contributed by atoms with E-state index in [0.717, 1.165) is 28.1 Å². The van der Waals surface area contributed by atoms with E-state index in [9.17, 15) is 13.2 Å². The van der Waals surface area contributed by atoms with E-state index in [1.54, 1.807) is 17.4 Å². The van der Waals surface area contributed by atoms with E-state index in [1.165, 1.54) is 6.07 Å². The number of rotatable bonds is 5. The molecular weight excluding hydrogens is 413 g/mol. The Labute approximate surface area is 173 Å². The molecule has 2 aromatic heterocycles. The van der Waals surface area contributed by atoms with E-state index >= 15 is 0 Å². The van der Waals surface area contributed by atoms with Gasteiger partial charge in [0.25, 0.3) is 0 Å². The van der Waals surface area contributed by atoms with E-state index < -0.39 is 11.7 Å². The molecule has 150 valence electrons. The summed E-state index contributed by atoms with van der Waals surface area (Å²) >= 11 is 1.60. The van der Waals surface area contributed by atoms with Crippen LogP contribution in [0.4, 0.5) is 13.2 Å². The van der Waals surface area contributed by atoms with E-state index in [-0.39, 0.29) is 29.3 Å². The van der Waals surface area contributed by atoms with E-state index in [4.69, 9.17) is 10.00 Å². The summed E-state index contributed by atoms with van der Waals surface area (Å²) in [7, 11) is 0. The minimum atomic E-state index is -4.58. The fourth-order valence-electron chi connectivity index (χ4n) is 2.92. The number of nitrogens with one attached hydrogen (secondary N) is 1. The van der Waals surface area contributed by atoms with Crippen LogP contribution in [0.25, 0.3) is 21.7 Å². The first-order valence-corrected chi connectivity index (χ1v) is 9.61. The van der Waals surface area contributed by atoms with Crippen LogP contribution in [-0.2, 0) is 12.8 Å². The van der Waals surface area contributed by atoms with Gasteiger partial charge in [-0.3, -0.25) is 0 Å². The molecule has 4 rings (SSSR count). The quantitative estimate of drug-likeness (QED) is 0.446. The standard InChI is InChI=1S/C21H13F3N4OS/c22-21(23,24)16-8-15(20-18(11-25)26-28-27-20)9-17(10-16)29-12-13-3-1-4-14(7-13)19-5-2-6-30-19/h1-10H,12H2,(H,26,27,28). The van der Waals surface area contributed by atoms with Crippen LogP contribution in [0.2, 0.25) is 0 Å². The predicted molar refractivity (Wildman–Crippen MR) is 106 cm³/mol. The van der Waals surface area contributed by atoms with Gasteiger partial charge in [-0.1, -0.05) is 24.3 Å². The topological polar surface area (TPSA) is 74.6 Å². The second-order valence-electron chi connectivity index (χ2n) is 6.34. The molecule has 1 N–H and O–H groups in total. The molecule has 0 aliphatic heterocycles. The van der Waals surface area contributed by atoms with Gasteiger partial charge >= 0.3 is 6.18 Å². The second kappa shape index (κ2) is 8.00. The van der Waals surface area contributed by atoms with Crippen LogP contribution >= 0.6 is 11.3 Å². The van der Waals surface area contributed by atoms with Crippen LogP contribution in [0.3, 0.4) is 0 Å². The summed E-state index contributed by atoms with van der Waals surface area (Å²) in [4.78, 5) is 1.09. The molecule has 0 spiro atoms. The Morgan fingerprint density at radius 2 is 1.90 bits per heavy atom. The van der Waals surface area contributed by atoms with Crippen molar-refractivity contribution in [1.29, 1.82) is 5.26 Å². The van der Waals surface area contributed by atoms with Gasteiger partial charge in [0.1, 0.15) is 24.1 Å². The van der Waals surface area contributed by atoms with Crippen molar-refractivity contribution in [3.8, 4) is 33.5 Å². The van der Waals surface area contributed by atoms with Gasteiger partial charge in [-0.25, -0.2) is 0 Å². The smallest absolute Gasteiger partial charge is 0.416 e. The molecule has 2 aromatic carbocycles. The van der Waals surface area contributed by atoms with Crippen molar-refractivity contribution in [1.82, 2.24) is 15.4 Å². The molecule has 0 radical (unpaired) electrons. The summed E-state index contributed by atoms with van der Waals surface area (Å²) in [6.45, 7) is 0.0872. The lowest BCUT2D eigenvalue weighted by Crippen LogP contribution is -2.06. The number of H-pyrrole nitrogens is 1. The number of hydrogen-bond acceptors (Lipinski definition) is 5. The average molecular weight is 426 g/mol. The first-order valence-electron chi connectivity index (χ1n) is 8.73. The third kappa shape index (κ3) is 4.18. The molecule has 5 nitrogen and oxygen atoms in total. The molecule has 0 unspecified atom stereocenters. The Hall–Kier alpha value is -3.64. The van der Waals surface area contributed by atoms with Crippen molar-refractivity contribution < 1.29 is 17.9 Å². The van der Waals surface area contributed by atoms with E-state index in [2.05, 4.69) is 15.4 Å². The van der Waals surface area contributed by atoms with Gasteiger partial charge in [0, 0.05) is 10.4 Å². The molecule has 0 saturated heterocycles. The molecule has 0 atom stereocenters. The van der Waals surface area contributed by atoms with Gasteiger partial charge in [0.15, 0.2) is 5.69 Å². The molecule has 30 heavy (non-hydrogen) atoms. The highest BCUT2D eigenvalue weighted by Crippen LogP contribution is 2.36. The second-order valence-corrected chi connectivity index (χ2v) is 7.29. The number of halogens is 3. The normalized spacial score (nSPS) is 11.3. The maximum atomic E-state index is 13.4. The first-order chi connectivity index (χ1) is 14.4. The minimum Gasteiger partial charge on any atom is -0.489 e. The lowest BCUT2D eigenvalue weighted by molar-refractivity contribution is -0.137. The molecule has 0 fully saturated rings. The highest BCUT2D eigenvalue weighted by Gasteiger charge is 2.32. The van der Waals surface area contributed by atoms with Crippen LogP contribution < -0.4 is 4.74 Å². The SMILES string of the molecule is N#Cc1n[nH]nc1-c1cc(OCc2cccc(-c3cccs3)c2)cc(C(F)(F)F)c1. The lowest BCUT2D eigenvalue weighted by atomic mass is 10.1. The number of thiophene rings is 1. The number of nitrogens with zero attached hydrogens (tertiary/aromatic N) is 3. The van der Waals surface area contributed by atoms with Crippen LogP contribution in [0.15, 0.2) is 60.0 Å². The summed E-state index contributed by atoms with van der Waals surface area (Å²) < 4.78 is 45.8. The Bertz CT molecular complexity index is 1210. The number of alkyl halides is 3. The molecule has 0 amide bonds. The fourth-order valence-corrected chi connectivity index (χ4v) is 3.64. The number of nitriles is 1. The third-order valence-electron chi connectivity index (χ3n) is 4.30. The van der Waals surface area contributed by atoms with E-state index in [0.29, 0.717) is 0 Å². The largest absolute Gasteiger partial charge is 0.489 e. The van der Waals surface area contributed by atoms with Crippen molar-refractivity contribution in [2.45, 2.75) is 12.8 Å². The fraction of sp³-hybridized carbons (Fsp3) is 0.0952. The van der Waals surface area contributed by atoms with Gasteiger partial charge in [-0.2, -0.15) is 28.7 Å². The highest BCUT2D eigenvalue weighted by molar-refractivity contribution is 7.13. The Kier molecular flexibility index (Phi) is 5.25. The number of aromatic nitrogens is 3. The molecule has 0 aliphatic carbocycles. The summed E-state index contributed by atoms with van der Waals surface area (Å²) in [6, 6.07) is 16.6. The highest BCUT2D eigenvalue weighted by atomic mass is 32.1. The molecule has 9 heteroatoms. The Morgan fingerprint density at radius 3 is 2.63 bits per heavy atom. The third-order valence-corrected chi connectivity index (χ3v) is 5.22. The van der Waals surface area contributed by atoms with Gasteiger partial charge in [-0.15, -0.1) is 16.4 Å². The maximum absolute atomic E-state index is 13.4. The molecule has 0 bridgehead atoms. The van der Waals surface area contributed by atoms with Gasteiger partial charge in [-0.05, 0) is 46.8 Å². The van der Waals surface area contributed by atoms with Crippen LogP contribution in [0, 0.1) is 11.3 Å². The number of hydrogen-bond donors (Lipinski definition) is 1. The zero-order chi connectivity index (χ0) is 21.1. The van der Waals surface area contributed by atoms with Crippen molar-refractivity contribution in [3.05, 3.63) is 76.8 Å². The maximum Gasteiger partial charge on any atom is 0.416 e. The number of benzene rings is 2. The molecular formula is C21H13F3N4OS. The molecule has 0 aliphatic rings. The van der Waals surface area contributed by atoms with Crippen molar-refractivity contribution >= 4 is 11.3 Å². The lowest BCUT2D eigenvalue weighted by Gasteiger charge is -2.13. The summed E-state index contributed by atoms with van der Waals surface area (Å²) in [5.41, 5.74) is 0.972. The van der Waals surface area contributed by atoms with Crippen molar-refractivity contribution in [2.24, 2.45) is 0 Å². The van der Waals surface area contributed by atoms with Crippen LogP contribution in [0.5, 0.6) is 5.75 Å². The monoisotopic (exact) mass is 426 g/mol. The Morgan fingerprint density at radius 1 is 1.03 bits per heavy atom. The average Bonchev–Trinajstić information content (AvgIpc) is 3.43. The van der Waals surface area contributed by atoms with E-state index in [1.807, 2.05) is 41.8 Å². The predicted octanol–water partition coefficient (Wildman–Crippen LogP) is 5.67. The van der Waals surface area contributed by atoms with Crippen molar-refractivity contribution in [3.63, 3.8) is 0 Å². The van der Waals surface area contributed by atoms with Gasteiger partial charge in [0.2, 0.25) is 0 Å². The molecule has 0 saturated carbocycles. The zero-order valence-electron chi connectivity index (χ0n) is 15.3. The van der Waals surface area contributed by atoms with Crippen LogP contribution in [0.1, 0.15) is 16.8 Å². The summed E-state index contributed by atoms with van der Waals surface area (Å²) in [5, 5.41) is 20.8. The summed E-state index contributed by atoms with van der Waals surface area (Å²) in [5.74, 6) is 0.0215. The first kappa shape index (κ1) is 19.7. The summed E-state index contributed by atoms with van der Waals surface area (Å²) in [6.07, 6.45) is -4.58. The molecule has 4 aromatic rings. The van der Waals surface area contributed by atoms with Crippen molar-refractivity contribution in [2.75, 3.05) is 0 Å². The number of aromatic amines is 1. The van der Waals surface area contributed by atoms with Crippen LogP contribution in [-0.4, -0.2) is 15.4 Å². The zero-order valence-corrected chi connectivity index (χ0v) is 16.1. The van der Waals surface area contributed by atoms with Gasteiger partial charge in [0.05, 0.1) is 5.56 Å².